The Kier molecular flexibility index (Phi) is 8.24. The summed E-state index contributed by atoms with van der Waals surface area (Å²) in [6.07, 6.45) is 0. The zero-order chi connectivity index (χ0) is 26.6. The second kappa shape index (κ2) is 11.0. The lowest BCUT2D eigenvalue weighted by Gasteiger charge is -2.14. The summed E-state index contributed by atoms with van der Waals surface area (Å²) in [4.78, 5) is 21.7. The number of amides is 1. The van der Waals surface area contributed by atoms with Gasteiger partial charge in [-0.3, -0.25) is 4.79 Å². The summed E-state index contributed by atoms with van der Waals surface area (Å²) >= 11 is 0. The van der Waals surface area contributed by atoms with Crippen LogP contribution in [0, 0.1) is 18.7 Å². The third-order valence-electron chi connectivity index (χ3n) is 5.36. The second-order valence-corrected chi connectivity index (χ2v) is 10.8. The quantitative estimate of drug-likeness (QED) is 0.425. The Morgan fingerprint density at radius 1 is 1.06 bits per heavy atom. The molecule has 36 heavy (non-hydrogen) atoms. The van der Waals surface area contributed by atoms with Crippen LogP contribution < -0.4 is 9.46 Å². The first-order chi connectivity index (χ1) is 16.9. The van der Waals surface area contributed by atoms with Gasteiger partial charge in [0.15, 0.2) is 5.03 Å². The van der Waals surface area contributed by atoms with Gasteiger partial charge in [0.2, 0.25) is 0 Å². The van der Waals surface area contributed by atoms with Crippen molar-refractivity contribution in [3.05, 3.63) is 76.9 Å². The maximum Gasteiger partial charge on any atom is 0.281 e. The number of carbonyl (C=O) groups excluding carboxylic acids is 1. The van der Waals surface area contributed by atoms with E-state index < -0.39 is 21.7 Å². The molecule has 0 bridgehead atoms. The van der Waals surface area contributed by atoms with Crippen LogP contribution in [0.5, 0.6) is 5.75 Å². The fourth-order valence-electron chi connectivity index (χ4n) is 3.28. The molecule has 1 aromatic carbocycles. The fourth-order valence-corrected chi connectivity index (χ4v) is 4.26. The minimum absolute atomic E-state index is 0.0707. The van der Waals surface area contributed by atoms with E-state index in [4.69, 9.17) is 4.74 Å². The maximum absolute atomic E-state index is 14.4. The van der Waals surface area contributed by atoms with Gasteiger partial charge in [0.05, 0.1) is 23.6 Å². The van der Waals surface area contributed by atoms with Crippen molar-refractivity contribution in [3.8, 4) is 17.0 Å². The van der Waals surface area contributed by atoms with E-state index in [0.29, 0.717) is 40.6 Å². The van der Waals surface area contributed by atoms with Gasteiger partial charge in [-0.05, 0) is 75.6 Å². The molecule has 0 saturated carbocycles. The van der Waals surface area contributed by atoms with Crippen LogP contribution in [0.4, 0.5) is 4.39 Å². The van der Waals surface area contributed by atoms with E-state index >= 15 is 0 Å². The van der Waals surface area contributed by atoms with E-state index in [-0.39, 0.29) is 16.5 Å². The van der Waals surface area contributed by atoms with Gasteiger partial charge in [-0.2, -0.15) is 8.42 Å². The summed E-state index contributed by atoms with van der Waals surface area (Å²) in [6.45, 7) is 11.6. The van der Waals surface area contributed by atoms with Gasteiger partial charge < -0.3 is 4.74 Å². The van der Waals surface area contributed by atoms with E-state index in [2.05, 4.69) is 14.7 Å². The summed E-state index contributed by atoms with van der Waals surface area (Å²) in [5.41, 5.74) is 3.34. The lowest BCUT2D eigenvalue weighted by molar-refractivity contribution is 0.0980. The average molecular weight is 512 g/mol. The molecule has 0 fully saturated rings. The van der Waals surface area contributed by atoms with Crippen molar-refractivity contribution in [1.29, 1.82) is 0 Å². The molecule has 0 aliphatic carbocycles. The van der Waals surface area contributed by atoms with Gasteiger partial charge in [-0.1, -0.05) is 25.5 Å². The van der Waals surface area contributed by atoms with Gasteiger partial charge in [0.25, 0.3) is 15.9 Å². The molecule has 190 valence electrons. The normalized spacial score (nSPS) is 11.3. The van der Waals surface area contributed by atoms with Crippen molar-refractivity contribution in [2.45, 2.75) is 46.6 Å². The molecule has 2 aromatic heterocycles. The summed E-state index contributed by atoms with van der Waals surface area (Å²) in [5, 5.41) is -0.255. The Hall–Kier alpha value is -3.59. The van der Waals surface area contributed by atoms with Crippen LogP contribution in [0.1, 0.15) is 56.4 Å². The molecule has 9 heteroatoms. The SMILES string of the molecule is CC(C)=C(C)c1nc(-c2cc(F)cc(OCC(C)C)c2)ccc1C(=O)NS(=O)(=O)c1cccc(C)n1. The predicted molar refractivity (Wildman–Crippen MR) is 138 cm³/mol. The number of rotatable bonds is 8. The first-order valence-electron chi connectivity index (χ1n) is 11.5. The second-order valence-electron chi connectivity index (χ2n) is 9.15. The summed E-state index contributed by atoms with van der Waals surface area (Å²) in [6, 6.07) is 11.9. The van der Waals surface area contributed by atoms with E-state index in [1.54, 1.807) is 38.1 Å². The van der Waals surface area contributed by atoms with Crippen LogP contribution in [-0.4, -0.2) is 30.9 Å². The Morgan fingerprint density at radius 2 is 1.78 bits per heavy atom. The predicted octanol–water partition coefficient (Wildman–Crippen LogP) is 5.56. The Balaban J connectivity index is 2.03. The Labute approximate surface area is 211 Å². The molecule has 0 aliphatic rings. The third kappa shape index (κ3) is 6.54. The smallest absolute Gasteiger partial charge is 0.281 e. The molecule has 0 aliphatic heterocycles. The van der Waals surface area contributed by atoms with Crippen molar-refractivity contribution >= 4 is 21.5 Å². The number of carbonyl (C=O) groups is 1. The third-order valence-corrected chi connectivity index (χ3v) is 6.59. The van der Waals surface area contributed by atoms with Crippen LogP contribution in [0.15, 0.2) is 59.1 Å². The largest absolute Gasteiger partial charge is 0.493 e. The number of ether oxygens (including phenoxy) is 1. The number of halogens is 1. The molecular weight excluding hydrogens is 481 g/mol. The van der Waals surface area contributed by atoms with Crippen molar-refractivity contribution in [2.24, 2.45) is 5.92 Å². The van der Waals surface area contributed by atoms with Gasteiger partial charge in [0.1, 0.15) is 11.6 Å². The number of aryl methyl sites for hydroxylation is 1. The molecule has 3 aromatic rings. The molecular formula is C27H30FN3O4S. The number of hydrogen-bond acceptors (Lipinski definition) is 6. The highest BCUT2D eigenvalue weighted by Gasteiger charge is 2.24. The molecule has 3 rings (SSSR count). The molecule has 1 amide bonds. The molecule has 0 unspecified atom stereocenters. The van der Waals surface area contributed by atoms with Gasteiger partial charge >= 0.3 is 0 Å². The highest BCUT2D eigenvalue weighted by Crippen LogP contribution is 2.29. The molecule has 0 spiro atoms. The molecule has 0 atom stereocenters. The number of allylic oxidation sites excluding steroid dienone is 2. The number of nitrogens with zero attached hydrogens (tertiary/aromatic N) is 2. The van der Waals surface area contributed by atoms with Crippen molar-refractivity contribution < 1.29 is 22.3 Å². The zero-order valence-electron chi connectivity index (χ0n) is 21.2. The monoisotopic (exact) mass is 511 g/mol. The van der Waals surface area contributed by atoms with E-state index in [1.807, 2.05) is 27.7 Å². The zero-order valence-corrected chi connectivity index (χ0v) is 22.0. The average Bonchev–Trinajstić information content (AvgIpc) is 2.81. The van der Waals surface area contributed by atoms with Crippen LogP contribution in [0.2, 0.25) is 0 Å². The van der Waals surface area contributed by atoms with Crippen molar-refractivity contribution in [3.63, 3.8) is 0 Å². The first kappa shape index (κ1) is 27.0. The van der Waals surface area contributed by atoms with Gasteiger partial charge in [-0.25, -0.2) is 19.1 Å². The lowest BCUT2D eigenvalue weighted by Crippen LogP contribution is -2.32. The number of sulfonamides is 1. The number of aromatic nitrogens is 2. The summed E-state index contributed by atoms with van der Waals surface area (Å²) in [7, 11) is -4.20. The highest BCUT2D eigenvalue weighted by atomic mass is 32.2. The van der Waals surface area contributed by atoms with E-state index in [9.17, 15) is 17.6 Å². The molecule has 0 radical (unpaired) electrons. The lowest BCUT2D eigenvalue weighted by atomic mass is 10.0. The highest BCUT2D eigenvalue weighted by molar-refractivity contribution is 7.90. The first-order valence-corrected chi connectivity index (χ1v) is 13.0. The number of benzene rings is 1. The molecule has 1 N–H and O–H groups in total. The molecule has 2 heterocycles. The van der Waals surface area contributed by atoms with Crippen molar-refractivity contribution in [2.75, 3.05) is 6.61 Å². The maximum atomic E-state index is 14.4. The molecule has 7 nitrogen and oxygen atoms in total. The minimum atomic E-state index is -4.20. The fraction of sp³-hybridized carbons (Fsp3) is 0.296. The number of nitrogens with one attached hydrogen (secondary N) is 1. The minimum Gasteiger partial charge on any atom is -0.493 e. The van der Waals surface area contributed by atoms with Crippen molar-refractivity contribution in [1.82, 2.24) is 14.7 Å². The van der Waals surface area contributed by atoms with Gasteiger partial charge in [0, 0.05) is 17.3 Å². The number of pyridine rings is 2. The van der Waals surface area contributed by atoms with Gasteiger partial charge in [-0.15, -0.1) is 0 Å². The van der Waals surface area contributed by atoms with Crippen LogP contribution in [0.25, 0.3) is 16.8 Å². The van der Waals surface area contributed by atoms with E-state index in [1.165, 1.54) is 24.3 Å². The Bertz CT molecular complexity index is 1430. The molecule has 0 saturated heterocycles. The van der Waals surface area contributed by atoms with Crippen LogP contribution in [0.3, 0.4) is 0 Å². The van der Waals surface area contributed by atoms with E-state index in [0.717, 1.165) is 5.57 Å². The summed E-state index contributed by atoms with van der Waals surface area (Å²) < 4.78 is 47.7. The summed E-state index contributed by atoms with van der Waals surface area (Å²) in [5.74, 6) is -0.675. The standard InChI is InChI=1S/C27H30FN3O4S/c1-16(2)15-35-22-13-20(12-21(28)14-22)24-11-10-23(26(30-24)19(6)17(3)4)27(32)31-36(33,34)25-9-7-8-18(5)29-25/h7-14,16H,15H2,1-6H3,(H,31,32). The number of hydrogen-bond donors (Lipinski definition) is 1. The Morgan fingerprint density at radius 3 is 2.42 bits per heavy atom. The topological polar surface area (TPSA) is 98.2 Å². The van der Waals surface area contributed by atoms with Crippen LogP contribution >= 0.6 is 0 Å². The van der Waals surface area contributed by atoms with Crippen LogP contribution in [-0.2, 0) is 10.0 Å².